The van der Waals surface area contributed by atoms with Crippen LogP contribution in [0.2, 0.25) is 0 Å². The molecular weight excluding hydrogens is 395 g/mol. The van der Waals surface area contributed by atoms with Gasteiger partial charge in [0.25, 0.3) is 5.91 Å². The molecule has 3 rings (SSSR count). The third-order valence-electron chi connectivity index (χ3n) is 3.72. The highest BCUT2D eigenvalue weighted by Gasteiger charge is 2.30. The number of fused-ring (bicyclic) bond motifs is 1. The number of anilines is 1. The smallest absolute Gasteiger partial charge is 0.321 e. The number of nitrogens with one attached hydrogen (secondary N) is 2. The average molecular weight is 409 g/mol. The van der Waals surface area contributed by atoms with E-state index in [1.165, 1.54) is 16.9 Å². The van der Waals surface area contributed by atoms with Gasteiger partial charge in [-0.1, -0.05) is 24.3 Å². The van der Waals surface area contributed by atoms with Gasteiger partial charge in [-0.05, 0) is 36.4 Å². The molecule has 0 unspecified atom stereocenters. The Hall–Kier alpha value is -2.98. The Morgan fingerprint density at radius 2 is 1.64 bits per heavy atom. The number of nitrogens with zero attached hydrogens (tertiary/aromatic N) is 1. The summed E-state index contributed by atoms with van der Waals surface area (Å²) in [4.78, 5) is 16.2. The number of alkyl halides is 3. The maximum absolute atomic E-state index is 12.3. The number of rotatable bonds is 5. The van der Waals surface area contributed by atoms with Crippen LogP contribution < -0.4 is 10.0 Å². The molecule has 0 atom stereocenters. The predicted molar refractivity (Wildman–Crippen MR) is 97.4 cm³/mol. The molecule has 0 spiro atoms. The first-order valence-electron chi connectivity index (χ1n) is 7.98. The van der Waals surface area contributed by atoms with Crippen molar-refractivity contribution in [1.29, 1.82) is 0 Å². The molecule has 0 aliphatic carbocycles. The van der Waals surface area contributed by atoms with Crippen molar-refractivity contribution >= 4 is 32.5 Å². The van der Waals surface area contributed by atoms with Crippen LogP contribution in [-0.4, -0.2) is 32.0 Å². The molecule has 3 aromatic rings. The molecule has 146 valence electrons. The van der Waals surface area contributed by atoms with Crippen molar-refractivity contribution in [3.05, 3.63) is 66.4 Å². The van der Waals surface area contributed by atoms with Crippen LogP contribution in [0.1, 0.15) is 10.5 Å². The number of carbonyl (C=O) groups is 1. The number of carbonyl (C=O) groups excluding carboxylic acids is 1. The summed E-state index contributed by atoms with van der Waals surface area (Å²) in [6.45, 7) is -1.67. The number of halogens is 3. The lowest BCUT2D eigenvalue weighted by Crippen LogP contribution is -2.33. The largest absolute Gasteiger partial charge is 0.402 e. The molecule has 0 aliphatic heterocycles. The summed E-state index contributed by atoms with van der Waals surface area (Å²) >= 11 is 0. The van der Waals surface area contributed by atoms with Gasteiger partial charge >= 0.3 is 6.18 Å². The van der Waals surface area contributed by atoms with Gasteiger partial charge in [0.15, 0.2) is 0 Å². The molecule has 0 bridgehead atoms. The van der Waals surface area contributed by atoms with Crippen LogP contribution in [0.3, 0.4) is 0 Å². The van der Waals surface area contributed by atoms with Crippen molar-refractivity contribution in [2.75, 3.05) is 11.9 Å². The third kappa shape index (κ3) is 4.84. The summed E-state index contributed by atoms with van der Waals surface area (Å²) in [5.74, 6) is -0.503. The lowest BCUT2D eigenvalue weighted by Gasteiger charge is -2.10. The van der Waals surface area contributed by atoms with Gasteiger partial charge < -0.3 is 5.32 Å². The monoisotopic (exact) mass is 409 g/mol. The van der Waals surface area contributed by atoms with Gasteiger partial charge in [0.1, 0.15) is 12.2 Å². The molecule has 2 aromatic carbocycles. The molecule has 1 amide bonds. The lowest BCUT2D eigenvalue weighted by molar-refractivity contribution is -0.121. The van der Waals surface area contributed by atoms with Crippen LogP contribution in [0.25, 0.3) is 10.9 Å². The maximum atomic E-state index is 12.3. The van der Waals surface area contributed by atoms with Crippen molar-refractivity contribution < 1.29 is 26.4 Å². The molecular formula is C18H14F3N3O3S. The Labute approximate surface area is 158 Å². The van der Waals surface area contributed by atoms with E-state index in [2.05, 4.69) is 10.3 Å². The fraction of sp³-hybridized carbons (Fsp3) is 0.111. The first kappa shape index (κ1) is 19.8. The van der Waals surface area contributed by atoms with E-state index in [1.807, 2.05) is 12.1 Å². The van der Waals surface area contributed by atoms with Crippen molar-refractivity contribution in [2.24, 2.45) is 0 Å². The number of amides is 1. The van der Waals surface area contributed by atoms with E-state index in [-0.39, 0.29) is 16.3 Å². The highest BCUT2D eigenvalue weighted by molar-refractivity contribution is 7.89. The number of benzene rings is 2. The van der Waals surface area contributed by atoms with Gasteiger partial charge in [-0.2, -0.15) is 13.2 Å². The van der Waals surface area contributed by atoms with Crippen LogP contribution >= 0.6 is 0 Å². The Morgan fingerprint density at radius 3 is 2.32 bits per heavy atom. The quantitative estimate of drug-likeness (QED) is 0.677. The molecule has 0 aliphatic rings. The topological polar surface area (TPSA) is 88.2 Å². The minimum Gasteiger partial charge on any atom is -0.321 e. The summed E-state index contributed by atoms with van der Waals surface area (Å²) in [6, 6.07) is 15.3. The van der Waals surface area contributed by atoms with Gasteiger partial charge in [0.05, 0.1) is 10.4 Å². The van der Waals surface area contributed by atoms with E-state index < -0.39 is 28.7 Å². The van der Waals surface area contributed by atoms with E-state index in [9.17, 15) is 26.4 Å². The van der Waals surface area contributed by atoms with E-state index in [4.69, 9.17) is 0 Å². The molecule has 1 aromatic heterocycles. The van der Waals surface area contributed by atoms with Crippen molar-refractivity contribution in [1.82, 2.24) is 9.71 Å². The van der Waals surface area contributed by atoms with Crippen molar-refractivity contribution in [2.45, 2.75) is 11.1 Å². The van der Waals surface area contributed by atoms with Gasteiger partial charge in [-0.3, -0.25) is 4.79 Å². The molecule has 28 heavy (non-hydrogen) atoms. The molecule has 0 fully saturated rings. The fourth-order valence-electron chi connectivity index (χ4n) is 2.37. The van der Waals surface area contributed by atoms with E-state index >= 15 is 0 Å². The number of pyridine rings is 1. The van der Waals surface area contributed by atoms with Crippen molar-refractivity contribution in [3.8, 4) is 0 Å². The summed E-state index contributed by atoms with van der Waals surface area (Å²) in [6.07, 6.45) is -4.66. The molecule has 1 heterocycles. The van der Waals surface area contributed by atoms with Gasteiger partial charge in [0.2, 0.25) is 10.0 Å². The number of para-hydroxylation sites is 1. The second-order valence-corrected chi connectivity index (χ2v) is 7.57. The van der Waals surface area contributed by atoms with Crippen LogP contribution in [0, 0.1) is 0 Å². The van der Waals surface area contributed by atoms with E-state index in [0.29, 0.717) is 5.52 Å². The van der Waals surface area contributed by atoms with Crippen LogP contribution in [0.5, 0.6) is 0 Å². The summed E-state index contributed by atoms with van der Waals surface area (Å²) < 4.78 is 61.7. The van der Waals surface area contributed by atoms with Crippen LogP contribution in [0.15, 0.2) is 65.6 Å². The van der Waals surface area contributed by atoms with Crippen LogP contribution in [-0.2, 0) is 10.0 Å². The lowest BCUT2D eigenvalue weighted by atomic mass is 10.2. The first-order valence-corrected chi connectivity index (χ1v) is 9.46. The Bertz CT molecular complexity index is 1110. The minimum atomic E-state index is -4.66. The van der Waals surface area contributed by atoms with Crippen LogP contribution in [0.4, 0.5) is 18.9 Å². The standard InChI is InChI=1S/C18H14F3N3O3S/c19-18(20,21)11-22-28(26,27)14-8-6-13(7-9-14)23-17(25)16-10-5-12-3-1-2-4-15(12)24-16/h1-10,22H,11H2,(H,23,25). The SMILES string of the molecule is O=C(Nc1ccc(S(=O)(=O)NCC(F)(F)F)cc1)c1ccc2ccccc2n1. The molecule has 0 saturated heterocycles. The fourth-order valence-corrected chi connectivity index (χ4v) is 3.38. The maximum Gasteiger partial charge on any atom is 0.402 e. The predicted octanol–water partition coefficient (Wildman–Crippen LogP) is 3.33. The summed E-state index contributed by atoms with van der Waals surface area (Å²) in [5.41, 5.74) is 1.09. The molecule has 2 N–H and O–H groups in total. The number of aromatic nitrogens is 1. The number of hydrogen-bond acceptors (Lipinski definition) is 4. The first-order chi connectivity index (χ1) is 13.1. The number of sulfonamides is 1. The zero-order valence-electron chi connectivity index (χ0n) is 14.2. The average Bonchev–Trinajstić information content (AvgIpc) is 2.66. The zero-order chi connectivity index (χ0) is 20.4. The summed E-state index contributed by atoms with van der Waals surface area (Å²) in [5, 5.41) is 3.44. The number of hydrogen-bond donors (Lipinski definition) is 2. The molecule has 0 radical (unpaired) electrons. The minimum absolute atomic E-state index is 0.169. The Morgan fingerprint density at radius 1 is 0.964 bits per heavy atom. The molecule has 0 saturated carbocycles. The molecule has 10 heteroatoms. The van der Waals surface area contributed by atoms with Crippen molar-refractivity contribution in [3.63, 3.8) is 0 Å². The van der Waals surface area contributed by atoms with Gasteiger partial charge in [0, 0.05) is 11.1 Å². The highest BCUT2D eigenvalue weighted by atomic mass is 32.2. The molecule has 6 nitrogen and oxygen atoms in total. The third-order valence-corrected chi connectivity index (χ3v) is 5.13. The Balaban J connectivity index is 1.71. The normalized spacial score (nSPS) is 12.1. The zero-order valence-corrected chi connectivity index (χ0v) is 15.0. The second kappa shape index (κ2) is 7.56. The second-order valence-electron chi connectivity index (χ2n) is 5.81. The Kier molecular flexibility index (Phi) is 5.34. The van der Waals surface area contributed by atoms with Gasteiger partial charge in [-0.15, -0.1) is 0 Å². The van der Waals surface area contributed by atoms with E-state index in [1.54, 1.807) is 24.3 Å². The van der Waals surface area contributed by atoms with Gasteiger partial charge in [-0.25, -0.2) is 18.1 Å². The summed E-state index contributed by atoms with van der Waals surface area (Å²) in [7, 11) is -4.31. The highest BCUT2D eigenvalue weighted by Crippen LogP contribution is 2.18. The van der Waals surface area contributed by atoms with E-state index in [0.717, 1.165) is 17.5 Å².